The molecule has 2 saturated heterocycles. The van der Waals surface area contributed by atoms with Gasteiger partial charge in [-0.3, -0.25) is 28.9 Å². The number of hydrogen-bond donors (Lipinski definition) is 2. The molecule has 2 heterocycles. The zero-order valence-corrected chi connectivity index (χ0v) is 24.1. The Morgan fingerprint density at radius 2 is 1.77 bits per heavy atom. The molecule has 2 aliphatic carbocycles. The summed E-state index contributed by atoms with van der Waals surface area (Å²) in [5, 5.41) is 19.5. The maximum Gasteiger partial charge on any atom is 0.303 e. The number of hydrogen-bond acceptors (Lipinski definition) is 7. The maximum atomic E-state index is 14.4. The van der Waals surface area contributed by atoms with Crippen molar-refractivity contribution in [2.75, 3.05) is 18.1 Å². The van der Waals surface area contributed by atoms with Crippen molar-refractivity contribution in [2.24, 2.45) is 29.1 Å². The van der Waals surface area contributed by atoms with Crippen molar-refractivity contribution in [2.45, 2.75) is 45.4 Å². The number of nitrogens with zero attached hydrogens (tertiary/aromatic N) is 2. The van der Waals surface area contributed by atoms with Crippen molar-refractivity contribution < 1.29 is 38.9 Å². The van der Waals surface area contributed by atoms with E-state index in [0.29, 0.717) is 24.3 Å². The number of aromatic hydroxyl groups is 1. The summed E-state index contributed by atoms with van der Waals surface area (Å²) >= 11 is 0. The number of amides is 4. The molecule has 0 radical (unpaired) electrons. The molecule has 2 aromatic carbocycles. The van der Waals surface area contributed by atoms with Gasteiger partial charge in [0, 0.05) is 18.9 Å². The normalized spacial score (nSPS) is 29.7. The number of para-hydroxylation sites is 1. The first kappa shape index (κ1) is 28.6. The monoisotopic (exact) mass is 586 g/mol. The van der Waals surface area contributed by atoms with Crippen molar-refractivity contribution in [1.29, 1.82) is 0 Å². The number of carboxylic acid groups (broad SMARTS) is 1. The molecule has 3 fully saturated rings. The summed E-state index contributed by atoms with van der Waals surface area (Å²) < 4.78 is 5.68. The number of phenolic OH excluding ortho intramolecular Hbond substituents is 1. The van der Waals surface area contributed by atoms with Gasteiger partial charge in [0.15, 0.2) is 11.5 Å². The van der Waals surface area contributed by atoms with E-state index in [2.05, 4.69) is 0 Å². The number of rotatable bonds is 8. The molecule has 10 heteroatoms. The largest absolute Gasteiger partial charge is 0.504 e. The Kier molecular flexibility index (Phi) is 7.10. The van der Waals surface area contributed by atoms with Crippen LogP contribution in [0.4, 0.5) is 5.69 Å². The highest BCUT2D eigenvalue weighted by Crippen LogP contribution is 2.63. The molecule has 1 saturated carbocycles. The molecule has 4 aliphatic rings. The number of carboxylic acids is 1. The average Bonchev–Trinajstić information content (AvgIpc) is 3.34. The smallest absolute Gasteiger partial charge is 0.303 e. The van der Waals surface area contributed by atoms with E-state index in [9.17, 15) is 29.1 Å². The summed E-state index contributed by atoms with van der Waals surface area (Å²) in [6.07, 6.45) is 2.49. The summed E-state index contributed by atoms with van der Waals surface area (Å²) in [6.45, 7) is 3.94. The molecule has 43 heavy (non-hydrogen) atoms. The molecule has 6 rings (SSSR count). The van der Waals surface area contributed by atoms with Crippen molar-refractivity contribution in [1.82, 2.24) is 4.90 Å². The highest BCUT2D eigenvalue weighted by Gasteiger charge is 2.67. The van der Waals surface area contributed by atoms with E-state index in [4.69, 9.17) is 9.84 Å². The molecule has 2 aliphatic heterocycles. The molecule has 0 unspecified atom stereocenters. The Morgan fingerprint density at radius 1 is 1.02 bits per heavy atom. The molecular weight excluding hydrogens is 552 g/mol. The van der Waals surface area contributed by atoms with Crippen LogP contribution in [0.2, 0.25) is 0 Å². The zero-order chi connectivity index (χ0) is 30.6. The SMILES string of the molecule is CCOc1cc([C@H]2C3=CC[C@@H]4C(=O)N(CCCC(=O)O)C(=O)[C@@H]4[C@@H]3C[C@H]3C(=O)N(c4ccccc4)C(=O)[C@@]23C)ccc1O. The van der Waals surface area contributed by atoms with Crippen molar-refractivity contribution in [3.63, 3.8) is 0 Å². The third kappa shape index (κ3) is 4.34. The molecule has 0 aromatic heterocycles. The highest BCUT2D eigenvalue weighted by molar-refractivity contribution is 6.24. The second-order valence-electron chi connectivity index (χ2n) is 12.0. The molecule has 0 bridgehead atoms. The number of carbonyl (C=O) groups excluding carboxylic acids is 4. The topological polar surface area (TPSA) is 142 Å². The van der Waals surface area contributed by atoms with Crippen LogP contribution in [0, 0.1) is 29.1 Å². The fraction of sp³-hybridized carbons (Fsp3) is 0.424. The summed E-state index contributed by atoms with van der Waals surface area (Å²) in [7, 11) is 0. The van der Waals surface area contributed by atoms with E-state index >= 15 is 0 Å². The van der Waals surface area contributed by atoms with E-state index in [1.54, 1.807) is 43.3 Å². The van der Waals surface area contributed by atoms with Gasteiger partial charge in [-0.25, -0.2) is 4.90 Å². The van der Waals surface area contributed by atoms with E-state index in [1.165, 1.54) is 15.9 Å². The standard InChI is InChI=1S/C33H34N2O8/c1-3-43-25-16-18(11-14-24(25)36)28-20-12-13-21-27(31(41)34(29(21)39)15-7-10-26(37)38)22(20)17-23-30(40)35(32(42)33(23,28)2)19-8-5-4-6-9-19/h4-6,8-9,11-12,14,16,21-23,27-28,36H,3,7,10,13,15,17H2,1-2H3,(H,37,38)/t21-,22+,23-,27-,28-,33+/m0/s1. The Labute approximate surface area is 248 Å². The second-order valence-corrected chi connectivity index (χ2v) is 12.0. The van der Waals surface area contributed by atoms with E-state index < -0.39 is 41.0 Å². The van der Waals surface area contributed by atoms with Gasteiger partial charge in [-0.1, -0.05) is 35.9 Å². The Hall–Kier alpha value is -4.47. The van der Waals surface area contributed by atoms with Crippen LogP contribution in [0.3, 0.4) is 0 Å². The molecule has 4 amide bonds. The summed E-state index contributed by atoms with van der Waals surface area (Å²) in [5.74, 6) is -5.31. The minimum absolute atomic E-state index is 0.0263. The first-order valence-electron chi connectivity index (χ1n) is 14.8. The molecule has 2 aromatic rings. The lowest BCUT2D eigenvalue weighted by molar-refractivity contribution is -0.142. The maximum absolute atomic E-state index is 14.4. The molecule has 224 valence electrons. The predicted octanol–water partition coefficient (Wildman–Crippen LogP) is 3.89. The fourth-order valence-electron chi connectivity index (χ4n) is 7.87. The van der Waals surface area contributed by atoms with Crippen LogP contribution in [0.15, 0.2) is 60.2 Å². The van der Waals surface area contributed by atoms with Crippen LogP contribution in [0.1, 0.15) is 51.0 Å². The number of allylic oxidation sites excluding steroid dienone is 2. The third-order valence-electron chi connectivity index (χ3n) is 9.77. The summed E-state index contributed by atoms with van der Waals surface area (Å²) in [6, 6.07) is 13.7. The van der Waals surface area contributed by atoms with Crippen molar-refractivity contribution >= 4 is 35.3 Å². The van der Waals surface area contributed by atoms with Gasteiger partial charge in [0.1, 0.15) is 0 Å². The van der Waals surface area contributed by atoms with Gasteiger partial charge in [-0.2, -0.15) is 0 Å². The Morgan fingerprint density at radius 3 is 2.47 bits per heavy atom. The van der Waals surface area contributed by atoms with Crippen LogP contribution in [-0.2, 0) is 24.0 Å². The average molecular weight is 587 g/mol. The molecule has 2 N–H and O–H groups in total. The van der Waals surface area contributed by atoms with Crippen molar-refractivity contribution in [3.05, 3.63) is 65.7 Å². The highest BCUT2D eigenvalue weighted by atomic mass is 16.5. The van der Waals surface area contributed by atoms with Crippen LogP contribution in [0.5, 0.6) is 11.5 Å². The Balaban J connectivity index is 1.46. The third-order valence-corrected chi connectivity index (χ3v) is 9.77. The number of anilines is 1. The van der Waals surface area contributed by atoms with E-state index in [0.717, 1.165) is 5.57 Å². The van der Waals surface area contributed by atoms with E-state index in [-0.39, 0.29) is 60.9 Å². The fourth-order valence-corrected chi connectivity index (χ4v) is 7.87. The van der Waals surface area contributed by atoms with Gasteiger partial charge in [0.25, 0.3) is 0 Å². The molecule has 0 spiro atoms. The minimum Gasteiger partial charge on any atom is -0.504 e. The van der Waals surface area contributed by atoms with Gasteiger partial charge < -0.3 is 14.9 Å². The van der Waals surface area contributed by atoms with Gasteiger partial charge in [-0.15, -0.1) is 0 Å². The number of fused-ring (bicyclic) bond motifs is 4. The number of benzene rings is 2. The van der Waals surface area contributed by atoms with Crippen molar-refractivity contribution in [3.8, 4) is 11.5 Å². The quantitative estimate of drug-likeness (QED) is 0.351. The van der Waals surface area contributed by atoms with Gasteiger partial charge in [-0.05, 0) is 68.9 Å². The lowest BCUT2D eigenvalue weighted by atomic mass is 9.51. The number of phenols is 1. The number of aliphatic carboxylic acids is 1. The predicted molar refractivity (Wildman–Crippen MR) is 154 cm³/mol. The molecule has 6 atom stereocenters. The number of imide groups is 2. The lowest BCUT2D eigenvalue weighted by Gasteiger charge is -2.49. The minimum atomic E-state index is -1.20. The van der Waals surface area contributed by atoms with Crippen LogP contribution < -0.4 is 9.64 Å². The number of carbonyl (C=O) groups is 5. The first-order chi connectivity index (χ1) is 20.6. The molecule has 10 nitrogen and oxygen atoms in total. The van der Waals surface area contributed by atoms with Gasteiger partial charge in [0.05, 0.1) is 35.5 Å². The van der Waals surface area contributed by atoms with Gasteiger partial charge >= 0.3 is 5.97 Å². The van der Waals surface area contributed by atoms with Crippen LogP contribution >= 0.6 is 0 Å². The number of likely N-dealkylation sites (tertiary alicyclic amines) is 1. The van der Waals surface area contributed by atoms with Crippen LogP contribution in [0.25, 0.3) is 0 Å². The summed E-state index contributed by atoms with van der Waals surface area (Å²) in [5.41, 5.74) is 0.779. The van der Waals surface area contributed by atoms with Crippen LogP contribution in [-0.4, -0.2) is 57.9 Å². The van der Waals surface area contributed by atoms with Gasteiger partial charge in [0.2, 0.25) is 23.6 Å². The second kappa shape index (κ2) is 10.7. The number of ether oxygens (including phenoxy) is 1. The Bertz CT molecular complexity index is 1550. The van der Waals surface area contributed by atoms with E-state index in [1.807, 2.05) is 19.1 Å². The first-order valence-corrected chi connectivity index (χ1v) is 14.8. The summed E-state index contributed by atoms with van der Waals surface area (Å²) in [4.78, 5) is 69.3. The lowest BCUT2D eigenvalue weighted by Crippen LogP contribution is -2.48. The zero-order valence-electron chi connectivity index (χ0n) is 24.1. The molecular formula is C33H34N2O8.